The molecule has 1 amide bonds. The van der Waals surface area contributed by atoms with E-state index in [4.69, 9.17) is 4.74 Å². The van der Waals surface area contributed by atoms with E-state index in [-0.39, 0.29) is 30.4 Å². The van der Waals surface area contributed by atoms with Gasteiger partial charge in [-0.1, -0.05) is 12.5 Å². The number of hydrogen-bond acceptors (Lipinski definition) is 4. The van der Waals surface area contributed by atoms with Crippen LogP contribution in [0, 0.1) is 5.41 Å². The Morgan fingerprint density at radius 1 is 1.32 bits per heavy atom. The summed E-state index contributed by atoms with van der Waals surface area (Å²) in [5.74, 6) is -1.13. The number of halogens is 2. The van der Waals surface area contributed by atoms with Gasteiger partial charge >= 0.3 is 12.6 Å². The number of amides is 1. The number of carboxylic acid groups (broad SMARTS) is 1. The van der Waals surface area contributed by atoms with Gasteiger partial charge < -0.3 is 19.9 Å². The van der Waals surface area contributed by atoms with Gasteiger partial charge in [0, 0.05) is 13.0 Å². The molecule has 0 bridgehead atoms. The normalized spacial score (nSPS) is 15.4. The number of alkyl halides is 2. The fourth-order valence-corrected chi connectivity index (χ4v) is 2.85. The summed E-state index contributed by atoms with van der Waals surface area (Å²) in [4.78, 5) is 23.2. The van der Waals surface area contributed by atoms with Crippen LogP contribution in [0.1, 0.15) is 31.2 Å². The Labute approximate surface area is 144 Å². The van der Waals surface area contributed by atoms with Crippen molar-refractivity contribution >= 4 is 11.9 Å². The number of nitrogens with one attached hydrogen (secondary N) is 1. The molecule has 1 aromatic rings. The molecule has 1 aliphatic rings. The van der Waals surface area contributed by atoms with Crippen molar-refractivity contribution in [3.63, 3.8) is 0 Å². The fraction of sp³-hybridized carbons (Fsp3) is 0.529. The molecule has 1 fully saturated rings. The van der Waals surface area contributed by atoms with E-state index in [2.05, 4.69) is 10.1 Å². The number of carbonyl (C=O) groups excluding carboxylic acids is 1. The second kappa shape index (κ2) is 8.13. The standard InChI is InChI=1S/C17H21F2NO5/c1-24-12-4-3-11(9-13(12)25-16(18)19)5-8-20-14(21)10-17(15(22)23)6-2-7-17/h3-4,9,16H,2,5-8,10H2,1H3,(H,20,21)(H,22,23). The minimum absolute atomic E-state index is 0.0370. The summed E-state index contributed by atoms with van der Waals surface area (Å²) in [5, 5.41) is 11.9. The molecule has 0 aliphatic heterocycles. The van der Waals surface area contributed by atoms with E-state index in [1.54, 1.807) is 6.07 Å². The monoisotopic (exact) mass is 357 g/mol. The number of rotatable bonds is 9. The predicted molar refractivity (Wildman–Crippen MR) is 84.9 cm³/mol. The zero-order valence-corrected chi connectivity index (χ0v) is 13.9. The maximum Gasteiger partial charge on any atom is 0.387 e. The number of carboxylic acids is 1. The molecule has 1 aliphatic carbocycles. The van der Waals surface area contributed by atoms with Gasteiger partial charge in [-0.05, 0) is 37.0 Å². The first-order valence-electron chi connectivity index (χ1n) is 7.98. The highest BCUT2D eigenvalue weighted by Gasteiger charge is 2.45. The minimum Gasteiger partial charge on any atom is -0.493 e. The van der Waals surface area contributed by atoms with Crippen molar-refractivity contribution in [3.05, 3.63) is 23.8 Å². The Balaban J connectivity index is 1.86. The average Bonchev–Trinajstić information content (AvgIpc) is 2.50. The van der Waals surface area contributed by atoms with Crippen LogP contribution in [0.4, 0.5) is 8.78 Å². The Bertz CT molecular complexity index is 631. The second-order valence-electron chi connectivity index (χ2n) is 6.08. The summed E-state index contributed by atoms with van der Waals surface area (Å²) < 4.78 is 34.2. The van der Waals surface area contributed by atoms with E-state index in [9.17, 15) is 23.5 Å². The molecule has 8 heteroatoms. The molecule has 0 unspecified atom stereocenters. The molecule has 6 nitrogen and oxygen atoms in total. The predicted octanol–water partition coefficient (Wildman–Crippen LogP) is 2.60. The van der Waals surface area contributed by atoms with Gasteiger partial charge in [0.1, 0.15) is 0 Å². The van der Waals surface area contributed by atoms with Crippen molar-refractivity contribution in [1.29, 1.82) is 0 Å². The highest BCUT2D eigenvalue weighted by molar-refractivity contribution is 5.85. The lowest BCUT2D eigenvalue weighted by atomic mass is 9.66. The Kier molecular flexibility index (Phi) is 6.17. The summed E-state index contributed by atoms with van der Waals surface area (Å²) in [7, 11) is 1.35. The largest absolute Gasteiger partial charge is 0.493 e. The number of hydrogen-bond donors (Lipinski definition) is 2. The summed E-state index contributed by atoms with van der Waals surface area (Å²) in [6.07, 6.45) is 2.21. The van der Waals surface area contributed by atoms with Crippen LogP contribution in [-0.2, 0) is 16.0 Å². The number of ether oxygens (including phenoxy) is 2. The maximum atomic E-state index is 12.4. The highest BCUT2D eigenvalue weighted by atomic mass is 19.3. The van der Waals surface area contributed by atoms with Gasteiger partial charge in [0.15, 0.2) is 11.5 Å². The molecule has 0 atom stereocenters. The van der Waals surface area contributed by atoms with Crippen molar-refractivity contribution in [2.24, 2.45) is 5.41 Å². The van der Waals surface area contributed by atoms with Crippen molar-refractivity contribution in [3.8, 4) is 11.5 Å². The van der Waals surface area contributed by atoms with Crippen LogP contribution in [0.15, 0.2) is 18.2 Å². The van der Waals surface area contributed by atoms with Gasteiger partial charge in [-0.2, -0.15) is 8.78 Å². The molecule has 1 saturated carbocycles. The number of carbonyl (C=O) groups is 2. The fourth-order valence-electron chi connectivity index (χ4n) is 2.85. The van der Waals surface area contributed by atoms with Crippen LogP contribution in [0.2, 0.25) is 0 Å². The van der Waals surface area contributed by atoms with E-state index >= 15 is 0 Å². The van der Waals surface area contributed by atoms with Crippen molar-refractivity contribution in [2.45, 2.75) is 38.7 Å². The van der Waals surface area contributed by atoms with E-state index in [1.807, 2.05) is 0 Å². The van der Waals surface area contributed by atoms with Gasteiger partial charge in [0.2, 0.25) is 5.91 Å². The van der Waals surface area contributed by atoms with E-state index < -0.39 is 18.0 Å². The van der Waals surface area contributed by atoms with E-state index in [1.165, 1.54) is 19.2 Å². The summed E-state index contributed by atoms with van der Waals surface area (Å²) in [5.41, 5.74) is -0.240. The summed E-state index contributed by atoms with van der Waals surface area (Å²) in [6, 6.07) is 4.64. The van der Waals surface area contributed by atoms with Crippen LogP contribution in [0.3, 0.4) is 0 Å². The lowest BCUT2D eigenvalue weighted by Gasteiger charge is -2.36. The van der Waals surface area contributed by atoms with Crippen molar-refractivity contribution < 1.29 is 33.0 Å². The minimum atomic E-state index is -2.96. The molecule has 2 rings (SSSR count). The zero-order valence-electron chi connectivity index (χ0n) is 13.9. The maximum absolute atomic E-state index is 12.4. The molecule has 138 valence electrons. The third-order valence-corrected chi connectivity index (χ3v) is 4.44. The highest BCUT2D eigenvalue weighted by Crippen LogP contribution is 2.44. The Morgan fingerprint density at radius 2 is 2.04 bits per heavy atom. The number of methoxy groups -OCH3 is 1. The zero-order chi connectivity index (χ0) is 18.4. The van der Waals surface area contributed by atoms with E-state index in [0.29, 0.717) is 24.8 Å². The Hall–Kier alpha value is -2.38. The van der Waals surface area contributed by atoms with Crippen LogP contribution >= 0.6 is 0 Å². The molecule has 0 heterocycles. The van der Waals surface area contributed by atoms with Crippen LogP contribution < -0.4 is 14.8 Å². The lowest BCUT2D eigenvalue weighted by Crippen LogP contribution is -2.42. The van der Waals surface area contributed by atoms with Gasteiger partial charge in [0.25, 0.3) is 0 Å². The topological polar surface area (TPSA) is 84.9 Å². The van der Waals surface area contributed by atoms with Gasteiger partial charge in [-0.25, -0.2) is 0 Å². The lowest BCUT2D eigenvalue weighted by molar-refractivity contribution is -0.157. The molecule has 0 saturated heterocycles. The third-order valence-electron chi connectivity index (χ3n) is 4.44. The van der Waals surface area contributed by atoms with Crippen molar-refractivity contribution in [1.82, 2.24) is 5.32 Å². The number of aliphatic carboxylic acids is 1. The first-order chi connectivity index (χ1) is 11.9. The SMILES string of the molecule is COc1ccc(CCNC(=O)CC2(C(=O)O)CCC2)cc1OC(F)F. The Morgan fingerprint density at radius 3 is 2.56 bits per heavy atom. The molecule has 1 aromatic carbocycles. The molecule has 25 heavy (non-hydrogen) atoms. The third kappa shape index (κ3) is 4.80. The molecular weight excluding hydrogens is 336 g/mol. The van der Waals surface area contributed by atoms with E-state index in [0.717, 1.165) is 6.42 Å². The first-order valence-corrected chi connectivity index (χ1v) is 7.98. The van der Waals surface area contributed by atoms with Crippen LogP contribution in [-0.4, -0.2) is 37.2 Å². The van der Waals surface area contributed by atoms with Crippen molar-refractivity contribution in [2.75, 3.05) is 13.7 Å². The molecule has 2 N–H and O–H groups in total. The van der Waals surface area contributed by atoms with Gasteiger partial charge in [0.05, 0.1) is 12.5 Å². The molecule has 0 aromatic heterocycles. The molecule has 0 spiro atoms. The molecule has 0 radical (unpaired) electrons. The average molecular weight is 357 g/mol. The van der Waals surface area contributed by atoms with Crippen LogP contribution in [0.25, 0.3) is 0 Å². The first kappa shape index (κ1) is 19.0. The van der Waals surface area contributed by atoms with Gasteiger partial charge in [-0.3, -0.25) is 9.59 Å². The quantitative estimate of drug-likeness (QED) is 0.710. The van der Waals surface area contributed by atoms with Crippen LogP contribution in [0.5, 0.6) is 11.5 Å². The second-order valence-corrected chi connectivity index (χ2v) is 6.08. The number of benzene rings is 1. The summed E-state index contributed by atoms with van der Waals surface area (Å²) in [6.45, 7) is -2.69. The molecular formula is C17H21F2NO5. The van der Waals surface area contributed by atoms with Gasteiger partial charge in [-0.15, -0.1) is 0 Å². The summed E-state index contributed by atoms with van der Waals surface area (Å²) >= 11 is 0. The smallest absolute Gasteiger partial charge is 0.387 e.